The van der Waals surface area contributed by atoms with Crippen LogP contribution in [0.3, 0.4) is 0 Å². The zero-order chi connectivity index (χ0) is 25.8. The van der Waals surface area contributed by atoms with Crippen molar-refractivity contribution in [1.29, 1.82) is 0 Å². The second-order valence-electron chi connectivity index (χ2n) is 8.59. The molecule has 0 saturated carbocycles. The molecule has 0 aliphatic carbocycles. The second-order valence-corrected chi connectivity index (χ2v) is 10.5. The monoisotopic (exact) mass is 570 g/mol. The maximum atomic E-state index is 14.1. The van der Waals surface area contributed by atoms with Crippen LogP contribution in [0.4, 0.5) is 4.39 Å². The molecule has 3 aromatic carbocycles. The molecule has 0 saturated heterocycles. The van der Waals surface area contributed by atoms with E-state index in [0.717, 1.165) is 28.4 Å². The molecule has 0 spiro atoms. The Hall–Kier alpha value is -2.64. The van der Waals surface area contributed by atoms with Crippen molar-refractivity contribution in [2.75, 3.05) is 12.3 Å². The van der Waals surface area contributed by atoms with Gasteiger partial charge in [-0.2, -0.15) is 0 Å². The number of rotatable bonds is 13. The quantitative estimate of drug-likeness (QED) is 0.243. The van der Waals surface area contributed by atoms with E-state index in [0.29, 0.717) is 30.8 Å². The van der Waals surface area contributed by atoms with Gasteiger partial charge in [-0.1, -0.05) is 89.9 Å². The van der Waals surface area contributed by atoms with Crippen molar-refractivity contribution >= 4 is 39.5 Å². The summed E-state index contributed by atoms with van der Waals surface area (Å²) >= 11 is 4.86. The SMILES string of the molecule is CCCCNC(=O)[C@@H](Cc1ccccc1)N(Cc1cccc(Br)c1)C(=O)CSCc1ccccc1F. The summed E-state index contributed by atoms with van der Waals surface area (Å²) in [6.07, 6.45) is 2.26. The van der Waals surface area contributed by atoms with Crippen LogP contribution in [0.5, 0.6) is 0 Å². The number of hydrogen-bond acceptors (Lipinski definition) is 3. The number of nitrogens with zero attached hydrogens (tertiary/aromatic N) is 1. The van der Waals surface area contributed by atoms with Crippen molar-refractivity contribution in [2.45, 2.75) is 44.5 Å². The van der Waals surface area contributed by atoms with E-state index < -0.39 is 6.04 Å². The molecule has 0 bridgehead atoms. The molecule has 1 N–H and O–H groups in total. The standard InChI is InChI=1S/C29H32BrFN2O2S/c1-2-3-16-32-29(35)27(18-22-10-5-4-6-11-22)33(19-23-12-9-14-25(30)17-23)28(34)21-36-20-24-13-7-8-15-26(24)31/h4-15,17,27H,2-3,16,18-21H2,1H3,(H,32,35)/t27-/m1/s1. The van der Waals surface area contributed by atoms with Gasteiger partial charge in [-0.05, 0) is 41.3 Å². The smallest absolute Gasteiger partial charge is 0.243 e. The van der Waals surface area contributed by atoms with E-state index in [9.17, 15) is 14.0 Å². The fourth-order valence-corrected chi connectivity index (χ4v) is 5.18. The fraction of sp³-hybridized carbons (Fsp3) is 0.310. The van der Waals surface area contributed by atoms with Gasteiger partial charge in [-0.15, -0.1) is 11.8 Å². The van der Waals surface area contributed by atoms with Gasteiger partial charge in [0.05, 0.1) is 5.75 Å². The summed E-state index contributed by atoms with van der Waals surface area (Å²) in [5.74, 6) is -0.0521. The van der Waals surface area contributed by atoms with Gasteiger partial charge in [0.2, 0.25) is 11.8 Å². The largest absolute Gasteiger partial charge is 0.354 e. The number of nitrogens with one attached hydrogen (secondary N) is 1. The first-order valence-corrected chi connectivity index (χ1v) is 14.1. The maximum Gasteiger partial charge on any atom is 0.243 e. The first-order valence-electron chi connectivity index (χ1n) is 12.1. The van der Waals surface area contributed by atoms with E-state index in [1.54, 1.807) is 23.1 Å². The summed E-state index contributed by atoms with van der Waals surface area (Å²) in [6, 6.07) is 23.4. The molecule has 0 radical (unpaired) electrons. The average molecular weight is 572 g/mol. The first kappa shape index (κ1) is 27.9. The zero-order valence-corrected chi connectivity index (χ0v) is 22.9. The van der Waals surface area contributed by atoms with Crippen LogP contribution < -0.4 is 5.32 Å². The minimum absolute atomic E-state index is 0.149. The highest BCUT2D eigenvalue weighted by atomic mass is 79.9. The highest BCUT2D eigenvalue weighted by Gasteiger charge is 2.30. The highest BCUT2D eigenvalue weighted by molar-refractivity contribution is 9.10. The third-order valence-electron chi connectivity index (χ3n) is 5.78. The summed E-state index contributed by atoms with van der Waals surface area (Å²) in [6.45, 7) is 2.95. The van der Waals surface area contributed by atoms with Crippen LogP contribution in [0.25, 0.3) is 0 Å². The molecule has 0 fully saturated rings. The highest BCUT2D eigenvalue weighted by Crippen LogP contribution is 2.21. The van der Waals surface area contributed by atoms with E-state index >= 15 is 0 Å². The molecule has 0 aromatic heterocycles. The molecule has 3 rings (SSSR count). The zero-order valence-electron chi connectivity index (χ0n) is 20.5. The minimum Gasteiger partial charge on any atom is -0.354 e. The van der Waals surface area contributed by atoms with E-state index in [4.69, 9.17) is 0 Å². The normalized spacial score (nSPS) is 11.6. The molecule has 0 aliphatic heterocycles. The summed E-state index contributed by atoms with van der Waals surface area (Å²) in [5.41, 5.74) is 2.47. The Balaban J connectivity index is 1.84. The van der Waals surface area contributed by atoms with Gasteiger partial charge in [0.15, 0.2) is 0 Å². The van der Waals surface area contributed by atoms with E-state index in [2.05, 4.69) is 28.2 Å². The van der Waals surface area contributed by atoms with Crippen molar-refractivity contribution in [1.82, 2.24) is 10.2 Å². The third kappa shape index (κ3) is 8.79. The van der Waals surface area contributed by atoms with Crippen LogP contribution in [0.2, 0.25) is 0 Å². The average Bonchev–Trinajstić information content (AvgIpc) is 2.88. The maximum absolute atomic E-state index is 14.1. The molecular weight excluding hydrogens is 539 g/mol. The Morgan fingerprint density at radius 2 is 1.72 bits per heavy atom. The fourth-order valence-electron chi connectivity index (χ4n) is 3.84. The number of benzene rings is 3. The van der Waals surface area contributed by atoms with Crippen LogP contribution in [0.1, 0.15) is 36.5 Å². The molecule has 3 aromatic rings. The topological polar surface area (TPSA) is 49.4 Å². The van der Waals surface area contributed by atoms with Gasteiger partial charge in [-0.3, -0.25) is 9.59 Å². The Kier molecular flexibility index (Phi) is 11.5. The first-order chi connectivity index (χ1) is 17.5. The lowest BCUT2D eigenvalue weighted by Crippen LogP contribution is -2.51. The van der Waals surface area contributed by atoms with Crippen molar-refractivity contribution < 1.29 is 14.0 Å². The van der Waals surface area contributed by atoms with Gasteiger partial charge in [0.1, 0.15) is 11.9 Å². The molecule has 7 heteroatoms. The predicted molar refractivity (Wildman–Crippen MR) is 149 cm³/mol. The summed E-state index contributed by atoms with van der Waals surface area (Å²) < 4.78 is 15.0. The number of halogens is 2. The van der Waals surface area contributed by atoms with E-state index in [1.807, 2.05) is 54.6 Å². The summed E-state index contributed by atoms with van der Waals surface area (Å²) in [7, 11) is 0. The van der Waals surface area contributed by atoms with Crippen LogP contribution in [0.15, 0.2) is 83.3 Å². The van der Waals surface area contributed by atoms with Crippen LogP contribution in [-0.4, -0.2) is 35.1 Å². The lowest BCUT2D eigenvalue weighted by molar-refractivity contribution is -0.139. The predicted octanol–water partition coefficient (Wildman–Crippen LogP) is 6.38. The van der Waals surface area contributed by atoms with Gasteiger partial charge in [0, 0.05) is 29.7 Å². The van der Waals surface area contributed by atoms with Gasteiger partial charge < -0.3 is 10.2 Å². The Labute approximate surface area is 225 Å². The number of amides is 2. The second kappa shape index (κ2) is 14.8. The van der Waals surface area contributed by atoms with Crippen molar-refractivity contribution in [3.8, 4) is 0 Å². The number of thioether (sulfide) groups is 1. The molecule has 0 unspecified atom stereocenters. The van der Waals surface area contributed by atoms with Gasteiger partial charge in [-0.25, -0.2) is 4.39 Å². The summed E-state index contributed by atoms with van der Waals surface area (Å²) in [4.78, 5) is 28.7. The Morgan fingerprint density at radius 1 is 1.00 bits per heavy atom. The molecule has 4 nitrogen and oxygen atoms in total. The number of carbonyl (C=O) groups is 2. The van der Waals surface area contributed by atoms with Crippen molar-refractivity contribution in [2.24, 2.45) is 0 Å². The lowest BCUT2D eigenvalue weighted by atomic mass is 10.0. The lowest BCUT2D eigenvalue weighted by Gasteiger charge is -2.31. The van der Waals surface area contributed by atoms with Crippen molar-refractivity contribution in [3.05, 3.63) is 106 Å². The molecule has 2 amide bonds. The van der Waals surface area contributed by atoms with Crippen LogP contribution >= 0.6 is 27.7 Å². The molecular formula is C29H32BrFN2O2S. The number of hydrogen-bond donors (Lipinski definition) is 1. The number of carbonyl (C=O) groups excluding carboxylic acids is 2. The Bertz CT molecular complexity index is 1130. The van der Waals surface area contributed by atoms with Crippen LogP contribution in [-0.2, 0) is 28.3 Å². The van der Waals surface area contributed by atoms with Crippen molar-refractivity contribution in [3.63, 3.8) is 0 Å². The summed E-state index contributed by atoms with van der Waals surface area (Å²) in [5, 5.41) is 3.03. The van der Waals surface area contributed by atoms with E-state index in [1.165, 1.54) is 17.8 Å². The third-order valence-corrected chi connectivity index (χ3v) is 7.24. The number of unbranched alkanes of at least 4 members (excludes halogenated alkanes) is 1. The molecule has 190 valence electrons. The molecule has 1 atom stereocenters. The molecule has 36 heavy (non-hydrogen) atoms. The molecule has 0 aliphatic rings. The van der Waals surface area contributed by atoms with E-state index in [-0.39, 0.29) is 23.4 Å². The van der Waals surface area contributed by atoms with Gasteiger partial charge >= 0.3 is 0 Å². The van der Waals surface area contributed by atoms with Crippen LogP contribution in [0, 0.1) is 5.82 Å². The minimum atomic E-state index is -0.662. The van der Waals surface area contributed by atoms with Gasteiger partial charge in [0.25, 0.3) is 0 Å². The Morgan fingerprint density at radius 3 is 2.44 bits per heavy atom. The molecule has 0 heterocycles.